The summed E-state index contributed by atoms with van der Waals surface area (Å²) in [6.45, 7) is 12.8. The van der Waals surface area contributed by atoms with Crippen LogP contribution in [0, 0.1) is 0 Å². The van der Waals surface area contributed by atoms with E-state index in [0.29, 0.717) is 6.54 Å². The Morgan fingerprint density at radius 3 is 2.48 bits per heavy atom. The normalized spacial score (nSPS) is 11.5. The predicted octanol–water partition coefficient (Wildman–Crippen LogP) is 2.42. The van der Waals surface area contributed by atoms with Gasteiger partial charge in [-0.25, -0.2) is 4.99 Å². The van der Waals surface area contributed by atoms with Crippen molar-refractivity contribution >= 4 is 29.9 Å². The fourth-order valence-corrected chi connectivity index (χ4v) is 2.14. The molecule has 0 bridgehead atoms. The van der Waals surface area contributed by atoms with Crippen molar-refractivity contribution in [3.8, 4) is 0 Å². The van der Waals surface area contributed by atoms with E-state index in [-0.39, 0.29) is 24.0 Å². The lowest BCUT2D eigenvalue weighted by Crippen LogP contribution is -2.40. The SMILES string of the molecule is CCNC(=NCc1c(CC)noc1CC)NCCN(C)CC.I. The molecule has 0 fully saturated rings. The van der Waals surface area contributed by atoms with Crippen molar-refractivity contribution < 1.29 is 4.52 Å². The number of nitrogens with one attached hydrogen (secondary N) is 2. The molecule has 0 aromatic carbocycles. The molecule has 23 heavy (non-hydrogen) atoms. The van der Waals surface area contributed by atoms with Crippen LogP contribution in [0.5, 0.6) is 0 Å². The van der Waals surface area contributed by atoms with E-state index in [2.05, 4.69) is 60.4 Å². The van der Waals surface area contributed by atoms with Crippen LogP contribution in [-0.2, 0) is 19.4 Å². The second-order valence-corrected chi connectivity index (χ2v) is 5.26. The predicted molar refractivity (Wildman–Crippen MR) is 107 cm³/mol. The van der Waals surface area contributed by atoms with Crippen LogP contribution in [0.2, 0.25) is 0 Å². The zero-order valence-corrected chi connectivity index (χ0v) is 17.4. The van der Waals surface area contributed by atoms with E-state index >= 15 is 0 Å². The summed E-state index contributed by atoms with van der Waals surface area (Å²) in [5, 5.41) is 10.8. The van der Waals surface area contributed by atoms with Crippen molar-refractivity contribution in [3.63, 3.8) is 0 Å². The quantitative estimate of drug-likeness (QED) is 0.353. The second-order valence-electron chi connectivity index (χ2n) is 5.26. The minimum Gasteiger partial charge on any atom is -0.361 e. The molecule has 1 aromatic rings. The van der Waals surface area contributed by atoms with E-state index in [0.717, 1.165) is 62.0 Å². The van der Waals surface area contributed by atoms with Crippen LogP contribution in [0.1, 0.15) is 44.7 Å². The third kappa shape index (κ3) is 7.52. The van der Waals surface area contributed by atoms with E-state index in [4.69, 9.17) is 4.52 Å². The topological polar surface area (TPSA) is 65.7 Å². The summed E-state index contributed by atoms with van der Waals surface area (Å²) >= 11 is 0. The minimum atomic E-state index is 0. The zero-order chi connectivity index (χ0) is 16.4. The first kappa shape index (κ1) is 22.2. The van der Waals surface area contributed by atoms with Gasteiger partial charge < -0.3 is 20.1 Å². The smallest absolute Gasteiger partial charge is 0.191 e. The van der Waals surface area contributed by atoms with Crippen molar-refractivity contribution in [2.24, 2.45) is 4.99 Å². The number of likely N-dealkylation sites (N-methyl/N-ethyl adjacent to an activating group) is 1. The van der Waals surface area contributed by atoms with Crippen LogP contribution in [0.3, 0.4) is 0 Å². The molecule has 0 unspecified atom stereocenters. The third-order valence-electron chi connectivity index (χ3n) is 3.67. The maximum absolute atomic E-state index is 5.39. The lowest BCUT2D eigenvalue weighted by Gasteiger charge is -2.16. The molecule has 0 aliphatic carbocycles. The largest absolute Gasteiger partial charge is 0.361 e. The summed E-state index contributed by atoms with van der Waals surface area (Å²) in [5.41, 5.74) is 2.15. The number of hydrogen-bond acceptors (Lipinski definition) is 4. The molecule has 0 spiro atoms. The van der Waals surface area contributed by atoms with Gasteiger partial charge in [0.1, 0.15) is 5.76 Å². The van der Waals surface area contributed by atoms with Gasteiger partial charge in [0.15, 0.2) is 5.96 Å². The fraction of sp³-hybridized carbons (Fsp3) is 0.750. The lowest BCUT2D eigenvalue weighted by atomic mass is 10.1. The van der Waals surface area contributed by atoms with Gasteiger partial charge in [-0.1, -0.05) is 25.9 Å². The molecule has 0 saturated carbocycles. The highest BCUT2D eigenvalue weighted by molar-refractivity contribution is 14.0. The monoisotopic (exact) mass is 437 g/mol. The van der Waals surface area contributed by atoms with Crippen LogP contribution < -0.4 is 10.6 Å². The van der Waals surface area contributed by atoms with Crippen molar-refractivity contribution in [1.82, 2.24) is 20.7 Å². The maximum atomic E-state index is 5.39. The van der Waals surface area contributed by atoms with E-state index in [1.54, 1.807) is 0 Å². The molecule has 0 atom stereocenters. The zero-order valence-electron chi connectivity index (χ0n) is 15.1. The van der Waals surface area contributed by atoms with Crippen LogP contribution in [0.25, 0.3) is 0 Å². The minimum absolute atomic E-state index is 0. The van der Waals surface area contributed by atoms with Gasteiger partial charge in [0.2, 0.25) is 0 Å². The molecule has 1 heterocycles. The molecular weight excluding hydrogens is 405 g/mol. The van der Waals surface area contributed by atoms with Crippen molar-refractivity contribution in [1.29, 1.82) is 0 Å². The summed E-state index contributed by atoms with van der Waals surface area (Å²) in [6, 6.07) is 0. The highest BCUT2D eigenvalue weighted by atomic mass is 127. The summed E-state index contributed by atoms with van der Waals surface area (Å²) in [4.78, 5) is 6.94. The standard InChI is InChI=1S/C16H31N5O.HI/c1-6-14-13(15(7-2)22-20-14)12-19-16(17-8-3)18-10-11-21(5)9-4;/h6-12H2,1-5H3,(H2,17,18,19);1H. The van der Waals surface area contributed by atoms with Gasteiger partial charge in [-0.2, -0.15) is 0 Å². The Bertz CT molecular complexity index is 440. The molecule has 0 aliphatic rings. The molecule has 6 nitrogen and oxygen atoms in total. The third-order valence-corrected chi connectivity index (χ3v) is 3.67. The second kappa shape index (κ2) is 12.6. The van der Waals surface area contributed by atoms with Gasteiger partial charge >= 0.3 is 0 Å². The Balaban J connectivity index is 0.00000484. The average molecular weight is 437 g/mol. The number of aliphatic imine (C=N–C) groups is 1. The Hall–Kier alpha value is -0.830. The molecule has 0 saturated heterocycles. The number of halogens is 1. The van der Waals surface area contributed by atoms with Crippen molar-refractivity contribution in [2.45, 2.75) is 47.1 Å². The van der Waals surface area contributed by atoms with E-state index in [1.165, 1.54) is 0 Å². The van der Waals surface area contributed by atoms with E-state index in [1.807, 2.05) is 0 Å². The van der Waals surface area contributed by atoms with Gasteiger partial charge in [0.25, 0.3) is 0 Å². The summed E-state index contributed by atoms with van der Waals surface area (Å²) in [6.07, 6.45) is 1.72. The number of aromatic nitrogens is 1. The van der Waals surface area contributed by atoms with Crippen molar-refractivity contribution in [2.75, 3.05) is 33.2 Å². The number of rotatable bonds is 9. The molecule has 134 valence electrons. The summed E-state index contributed by atoms with van der Waals surface area (Å²) in [7, 11) is 2.12. The van der Waals surface area contributed by atoms with Gasteiger partial charge in [0.05, 0.1) is 12.2 Å². The van der Waals surface area contributed by atoms with Crippen molar-refractivity contribution in [3.05, 3.63) is 17.0 Å². The Morgan fingerprint density at radius 2 is 1.91 bits per heavy atom. The van der Waals surface area contributed by atoms with E-state index < -0.39 is 0 Å². The van der Waals surface area contributed by atoms with Gasteiger partial charge in [-0.3, -0.25) is 0 Å². The van der Waals surface area contributed by atoms with Crippen LogP contribution >= 0.6 is 24.0 Å². The Morgan fingerprint density at radius 1 is 1.17 bits per heavy atom. The van der Waals surface area contributed by atoms with Gasteiger partial charge in [-0.15, -0.1) is 24.0 Å². The highest BCUT2D eigenvalue weighted by Gasteiger charge is 2.12. The molecule has 0 aliphatic heterocycles. The number of guanidine groups is 1. The molecule has 0 amide bonds. The highest BCUT2D eigenvalue weighted by Crippen LogP contribution is 2.16. The molecule has 1 aromatic heterocycles. The molecular formula is C16H32IN5O. The molecule has 7 heteroatoms. The molecule has 1 rings (SSSR count). The summed E-state index contributed by atoms with van der Waals surface area (Å²) < 4.78 is 5.39. The number of hydrogen-bond donors (Lipinski definition) is 2. The summed E-state index contributed by atoms with van der Waals surface area (Å²) in [5.74, 6) is 1.79. The Kier molecular flexibility index (Phi) is 12.1. The van der Waals surface area contributed by atoms with Crippen LogP contribution in [0.15, 0.2) is 9.52 Å². The first-order valence-corrected chi connectivity index (χ1v) is 8.33. The van der Waals surface area contributed by atoms with Crippen LogP contribution in [-0.4, -0.2) is 49.2 Å². The fourth-order valence-electron chi connectivity index (χ4n) is 2.14. The van der Waals surface area contributed by atoms with Crippen LogP contribution in [0.4, 0.5) is 0 Å². The molecule has 2 N–H and O–H groups in total. The molecule has 0 radical (unpaired) electrons. The first-order chi connectivity index (χ1) is 10.7. The lowest BCUT2D eigenvalue weighted by molar-refractivity contribution is 0.357. The number of nitrogens with zero attached hydrogens (tertiary/aromatic N) is 3. The van der Waals surface area contributed by atoms with Gasteiger partial charge in [0, 0.05) is 31.6 Å². The van der Waals surface area contributed by atoms with E-state index in [9.17, 15) is 0 Å². The van der Waals surface area contributed by atoms with Gasteiger partial charge in [-0.05, 0) is 26.9 Å². The average Bonchev–Trinajstić information content (AvgIpc) is 2.94. The number of aryl methyl sites for hydroxylation is 2. The Labute approximate surface area is 157 Å². The maximum Gasteiger partial charge on any atom is 0.191 e. The first-order valence-electron chi connectivity index (χ1n) is 8.33.